The minimum absolute atomic E-state index is 0.106. The maximum atomic E-state index is 12.1. The van der Waals surface area contributed by atoms with Crippen LogP contribution < -0.4 is 15.4 Å². The molecule has 3 N–H and O–H groups in total. The number of benzene rings is 1. The maximum Gasteiger partial charge on any atom is 0.240 e. The third kappa shape index (κ3) is 4.18. The second-order valence-corrected chi connectivity index (χ2v) is 7.66. The Morgan fingerprint density at radius 2 is 2.00 bits per heavy atom. The monoisotopic (exact) mass is 311 g/mol. The molecule has 1 saturated heterocycles. The van der Waals surface area contributed by atoms with Crippen LogP contribution in [-0.2, 0) is 10.0 Å². The number of hydrogen-bond donors (Lipinski definition) is 2. The van der Waals surface area contributed by atoms with Crippen molar-refractivity contribution >= 4 is 15.7 Å². The zero-order valence-corrected chi connectivity index (χ0v) is 13.6. The molecule has 1 aromatic carbocycles. The van der Waals surface area contributed by atoms with Crippen LogP contribution in [-0.4, -0.2) is 34.1 Å². The van der Waals surface area contributed by atoms with Crippen LogP contribution in [0.1, 0.15) is 26.7 Å². The highest BCUT2D eigenvalue weighted by atomic mass is 32.2. The predicted octanol–water partition coefficient (Wildman–Crippen LogP) is 1.55. The molecule has 0 saturated carbocycles. The Hall–Kier alpha value is -1.11. The molecule has 0 radical (unpaired) electrons. The van der Waals surface area contributed by atoms with Crippen LogP contribution in [0.5, 0.6) is 0 Å². The van der Waals surface area contributed by atoms with Gasteiger partial charge in [0, 0.05) is 24.8 Å². The Balaban J connectivity index is 2.06. The third-order valence-corrected chi connectivity index (χ3v) is 5.44. The maximum absolute atomic E-state index is 12.1. The molecule has 0 bridgehead atoms. The van der Waals surface area contributed by atoms with E-state index in [2.05, 4.69) is 9.62 Å². The lowest BCUT2D eigenvalue weighted by Crippen LogP contribution is -2.30. The second kappa shape index (κ2) is 6.77. The summed E-state index contributed by atoms with van der Waals surface area (Å²) in [6.45, 7) is 6.38. The van der Waals surface area contributed by atoms with Gasteiger partial charge in [0.05, 0.1) is 4.90 Å². The highest BCUT2D eigenvalue weighted by Gasteiger charge is 2.22. The number of nitrogens with zero attached hydrogens (tertiary/aromatic N) is 1. The summed E-state index contributed by atoms with van der Waals surface area (Å²) >= 11 is 0. The number of hydrogen-bond acceptors (Lipinski definition) is 4. The van der Waals surface area contributed by atoms with E-state index in [1.807, 2.05) is 26.0 Å². The van der Waals surface area contributed by atoms with E-state index in [0.717, 1.165) is 38.2 Å². The van der Waals surface area contributed by atoms with Crippen LogP contribution in [0.4, 0.5) is 5.69 Å². The van der Waals surface area contributed by atoms with Gasteiger partial charge in [-0.25, -0.2) is 13.1 Å². The fourth-order valence-corrected chi connectivity index (χ4v) is 4.00. The minimum Gasteiger partial charge on any atom is -0.371 e. The number of nitrogens with two attached hydrogens (primary N) is 1. The molecule has 118 valence electrons. The first-order chi connectivity index (χ1) is 9.92. The van der Waals surface area contributed by atoms with E-state index < -0.39 is 10.0 Å². The summed E-state index contributed by atoms with van der Waals surface area (Å²) in [6.07, 6.45) is 2.22. The van der Waals surface area contributed by atoms with Crippen LogP contribution in [0.25, 0.3) is 0 Å². The molecule has 1 fully saturated rings. The third-order valence-electron chi connectivity index (χ3n) is 3.76. The molecular weight excluding hydrogens is 286 g/mol. The average Bonchev–Trinajstić information content (AvgIpc) is 2.86. The average molecular weight is 311 g/mol. The van der Waals surface area contributed by atoms with E-state index in [-0.39, 0.29) is 6.04 Å². The smallest absolute Gasteiger partial charge is 0.240 e. The second-order valence-electron chi connectivity index (χ2n) is 5.95. The van der Waals surface area contributed by atoms with Gasteiger partial charge < -0.3 is 10.6 Å². The van der Waals surface area contributed by atoms with Gasteiger partial charge in [-0.1, -0.05) is 0 Å². The van der Waals surface area contributed by atoms with Gasteiger partial charge in [-0.3, -0.25) is 0 Å². The first-order valence-corrected chi connectivity index (χ1v) is 8.98. The molecule has 0 aromatic heterocycles. The number of sulfonamides is 1. The molecule has 5 nitrogen and oxygen atoms in total. The molecule has 1 aliphatic rings. The quantitative estimate of drug-likeness (QED) is 0.836. The molecule has 1 unspecified atom stereocenters. The Kier molecular flexibility index (Phi) is 5.24. The first kappa shape index (κ1) is 16.3. The molecule has 1 atom stereocenters. The zero-order chi connectivity index (χ0) is 15.5. The van der Waals surface area contributed by atoms with Crippen molar-refractivity contribution in [1.29, 1.82) is 0 Å². The molecule has 2 rings (SSSR count). The lowest BCUT2D eigenvalue weighted by molar-refractivity contribution is 0.546. The van der Waals surface area contributed by atoms with Crippen LogP contribution in [0, 0.1) is 5.92 Å². The predicted molar refractivity (Wildman–Crippen MR) is 85.9 cm³/mol. The van der Waals surface area contributed by atoms with Gasteiger partial charge in [-0.05, 0) is 63.4 Å². The fraction of sp³-hybridized carbons (Fsp3) is 0.600. The molecule has 1 aromatic rings. The number of nitrogens with one attached hydrogen (secondary N) is 1. The summed E-state index contributed by atoms with van der Waals surface area (Å²) in [7, 11) is -3.40. The number of rotatable bonds is 6. The zero-order valence-electron chi connectivity index (χ0n) is 12.7. The summed E-state index contributed by atoms with van der Waals surface area (Å²) in [5.74, 6) is 0.654. The van der Waals surface area contributed by atoms with Crippen LogP contribution in [0.3, 0.4) is 0 Å². The van der Waals surface area contributed by atoms with Crippen molar-refractivity contribution in [2.24, 2.45) is 11.7 Å². The Labute approximate surface area is 127 Å². The van der Waals surface area contributed by atoms with Gasteiger partial charge in [-0.15, -0.1) is 0 Å². The van der Waals surface area contributed by atoms with Crippen molar-refractivity contribution in [1.82, 2.24) is 4.72 Å². The highest BCUT2D eigenvalue weighted by Crippen LogP contribution is 2.26. The SMILES string of the molecule is CC(C)NS(=O)(=O)c1ccc(N2CCC(CCN)C2)cc1. The highest BCUT2D eigenvalue weighted by molar-refractivity contribution is 7.89. The lowest BCUT2D eigenvalue weighted by atomic mass is 10.1. The molecular formula is C15H25N3O2S. The fourth-order valence-electron chi connectivity index (χ4n) is 2.75. The van der Waals surface area contributed by atoms with Gasteiger partial charge in [0.15, 0.2) is 0 Å². The van der Waals surface area contributed by atoms with E-state index in [4.69, 9.17) is 5.73 Å². The van der Waals surface area contributed by atoms with Crippen LogP contribution in [0.15, 0.2) is 29.2 Å². The van der Waals surface area contributed by atoms with Gasteiger partial charge >= 0.3 is 0 Å². The van der Waals surface area contributed by atoms with Crippen molar-refractivity contribution in [2.45, 2.75) is 37.6 Å². The standard InChI is InChI=1S/C15H25N3O2S/c1-12(2)17-21(19,20)15-5-3-14(4-6-15)18-10-8-13(11-18)7-9-16/h3-6,12-13,17H,7-11,16H2,1-2H3. The summed E-state index contributed by atoms with van der Waals surface area (Å²) < 4.78 is 26.7. The van der Waals surface area contributed by atoms with Gasteiger partial charge in [0.25, 0.3) is 0 Å². The first-order valence-electron chi connectivity index (χ1n) is 7.50. The van der Waals surface area contributed by atoms with Gasteiger partial charge in [-0.2, -0.15) is 0 Å². The summed E-state index contributed by atoms with van der Waals surface area (Å²) in [4.78, 5) is 2.62. The van der Waals surface area contributed by atoms with Gasteiger partial charge in [0.2, 0.25) is 10.0 Å². The van der Waals surface area contributed by atoms with E-state index in [1.54, 1.807) is 12.1 Å². The van der Waals surface area contributed by atoms with Crippen molar-refractivity contribution in [3.05, 3.63) is 24.3 Å². The van der Waals surface area contributed by atoms with Crippen molar-refractivity contribution < 1.29 is 8.42 Å². The largest absolute Gasteiger partial charge is 0.371 e. The van der Waals surface area contributed by atoms with Crippen molar-refractivity contribution in [3.63, 3.8) is 0 Å². The molecule has 0 aliphatic carbocycles. The Morgan fingerprint density at radius 1 is 1.33 bits per heavy atom. The summed E-state index contributed by atoms with van der Waals surface area (Å²) in [6, 6.07) is 7.02. The normalized spacial score (nSPS) is 19.4. The molecule has 21 heavy (non-hydrogen) atoms. The molecule has 1 aliphatic heterocycles. The topological polar surface area (TPSA) is 75.4 Å². The minimum atomic E-state index is -3.40. The molecule has 0 amide bonds. The lowest BCUT2D eigenvalue weighted by Gasteiger charge is -2.19. The summed E-state index contributed by atoms with van der Waals surface area (Å²) in [5, 5.41) is 0. The van der Waals surface area contributed by atoms with Crippen molar-refractivity contribution in [3.8, 4) is 0 Å². The summed E-state index contributed by atoms with van der Waals surface area (Å²) in [5.41, 5.74) is 6.69. The number of anilines is 1. The van der Waals surface area contributed by atoms with E-state index >= 15 is 0 Å². The van der Waals surface area contributed by atoms with E-state index in [0.29, 0.717) is 10.8 Å². The van der Waals surface area contributed by atoms with E-state index in [9.17, 15) is 8.42 Å². The van der Waals surface area contributed by atoms with Gasteiger partial charge in [0.1, 0.15) is 0 Å². The Bertz CT molecular complexity index is 555. The molecule has 1 heterocycles. The van der Waals surface area contributed by atoms with E-state index in [1.165, 1.54) is 0 Å². The van der Waals surface area contributed by atoms with Crippen molar-refractivity contribution in [2.75, 3.05) is 24.5 Å². The Morgan fingerprint density at radius 3 is 2.57 bits per heavy atom. The van der Waals surface area contributed by atoms with Crippen LogP contribution in [0.2, 0.25) is 0 Å². The van der Waals surface area contributed by atoms with Crippen LogP contribution >= 0.6 is 0 Å². The molecule has 6 heteroatoms. The molecule has 0 spiro atoms.